The van der Waals surface area contributed by atoms with Gasteiger partial charge in [0.25, 0.3) is 0 Å². The van der Waals surface area contributed by atoms with Crippen LogP contribution in [-0.4, -0.2) is 61.1 Å². The molecule has 1 aromatic heterocycles. The number of hydrogen-bond donors (Lipinski definition) is 3. The first-order valence-corrected chi connectivity index (χ1v) is 5.38. The van der Waals surface area contributed by atoms with E-state index in [0.717, 1.165) is 0 Å². The minimum absolute atomic E-state index is 0.314. The Balaban J connectivity index is 1.86. The van der Waals surface area contributed by atoms with Crippen molar-refractivity contribution in [2.45, 2.75) is 19.2 Å². The molecule has 2 amide bonds. The van der Waals surface area contributed by atoms with Crippen LogP contribution in [0.25, 0.3) is 0 Å². The Bertz CT molecular complexity index is 460. The van der Waals surface area contributed by atoms with Crippen LogP contribution in [0.1, 0.15) is 5.82 Å². The molecule has 98 valence electrons. The first kappa shape index (κ1) is 12.3. The van der Waals surface area contributed by atoms with Crippen LogP contribution in [-0.2, 0) is 17.9 Å². The van der Waals surface area contributed by atoms with E-state index in [-0.39, 0.29) is 6.54 Å². The molecule has 2 rings (SSSR count). The van der Waals surface area contributed by atoms with Gasteiger partial charge in [0, 0.05) is 13.1 Å². The number of urea groups is 1. The van der Waals surface area contributed by atoms with Crippen LogP contribution in [0.2, 0.25) is 0 Å². The van der Waals surface area contributed by atoms with E-state index in [2.05, 4.69) is 15.5 Å². The molecule has 2 heterocycles. The number of nitrogens with one attached hydrogen (secondary N) is 1. The number of hydrogen-bond acceptors (Lipinski definition) is 5. The van der Waals surface area contributed by atoms with E-state index in [9.17, 15) is 9.59 Å². The summed E-state index contributed by atoms with van der Waals surface area (Å²) in [5.74, 6) is -0.691. The van der Waals surface area contributed by atoms with Crippen molar-refractivity contribution < 1.29 is 19.8 Å². The van der Waals surface area contributed by atoms with Crippen molar-refractivity contribution in [1.29, 1.82) is 0 Å². The molecule has 18 heavy (non-hydrogen) atoms. The second kappa shape index (κ2) is 5.00. The fraction of sp³-hybridized carbons (Fsp3) is 0.556. The molecule has 1 aromatic rings. The average molecular weight is 255 g/mol. The molecule has 0 fully saturated rings. The van der Waals surface area contributed by atoms with Gasteiger partial charge in [-0.05, 0) is 0 Å². The molecular weight excluding hydrogens is 242 g/mol. The molecule has 0 aliphatic carbocycles. The maximum atomic E-state index is 11.7. The van der Waals surface area contributed by atoms with Crippen LogP contribution in [0.5, 0.6) is 0 Å². The summed E-state index contributed by atoms with van der Waals surface area (Å²) in [4.78, 5) is 23.6. The third-order valence-corrected chi connectivity index (χ3v) is 2.66. The first-order valence-electron chi connectivity index (χ1n) is 5.38. The number of carbonyl (C=O) groups excluding carboxylic acids is 1. The molecular formula is C9H13N5O4. The zero-order chi connectivity index (χ0) is 13.1. The lowest BCUT2D eigenvalue weighted by Gasteiger charge is -2.27. The molecule has 1 aliphatic heterocycles. The molecule has 0 spiro atoms. The number of fused-ring (bicyclic) bond motifs is 1. The van der Waals surface area contributed by atoms with Gasteiger partial charge in [0.1, 0.15) is 6.33 Å². The molecule has 9 nitrogen and oxygen atoms in total. The Hall–Kier alpha value is -2.16. The summed E-state index contributed by atoms with van der Waals surface area (Å²) in [5.41, 5.74) is 0. The Morgan fingerprint density at radius 2 is 2.28 bits per heavy atom. The van der Waals surface area contributed by atoms with Crippen LogP contribution in [0.15, 0.2) is 6.33 Å². The topological polar surface area (TPSA) is 121 Å². The Kier molecular flexibility index (Phi) is 3.42. The molecule has 0 bridgehead atoms. The summed E-state index contributed by atoms with van der Waals surface area (Å²) < 4.78 is 1.84. The van der Waals surface area contributed by atoms with Gasteiger partial charge in [-0.3, -0.25) is 0 Å². The predicted octanol–water partition coefficient (Wildman–Crippen LogP) is -1.75. The largest absolute Gasteiger partial charge is 0.479 e. The van der Waals surface area contributed by atoms with Gasteiger partial charge in [0.2, 0.25) is 0 Å². The number of carboxylic acid groups (broad SMARTS) is 1. The molecule has 0 radical (unpaired) electrons. The normalized spacial score (nSPS) is 15.9. The minimum Gasteiger partial charge on any atom is -0.479 e. The Morgan fingerprint density at radius 1 is 1.50 bits per heavy atom. The summed E-state index contributed by atoms with van der Waals surface area (Å²) in [6.07, 6.45) is 0.000986. The van der Waals surface area contributed by atoms with E-state index < -0.39 is 18.1 Å². The van der Waals surface area contributed by atoms with Crippen LogP contribution in [0.4, 0.5) is 4.79 Å². The van der Waals surface area contributed by atoms with Gasteiger partial charge >= 0.3 is 12.0 Å². The number of nitrogens with zero attached hydrogens (tertiary/aromatic N) is 4. The van der Waals surface area contributed by atoms with E-state index in [0.29, 0.717) is 25.5 Å². The molecule has 0 saturated heterocycles. The number of carboxylic acids is 1. The predicted molar refractivity (Wildman–Crippen MR) is 57.5 cm³/mol. The molecule has 0 saturated carbocycles. The van der Waals surface area contributed by atoms with Crippen molar-refractivity contribution in [1.82, 2.24) is 25.0 Å². The zero-order valence-electron chi connectivity index (χ0n) is 9.48. The van der Waals surface area contributed by atoms with Gasteiger partial charge in [0.15, 0.2) is 11.9 Å². The SMILES string of the molecule is O=C(O)C(O)CNC(=O)N1CCn2cnnc2C1. The summed E-state index contributed by atoms with van der Waals surface area (Å²) in [6, 6.07) is -0.426. The van der Waals surface area contributed by atoms with Gasteiger partial charge in [-0.25, -0.2) is 9.59 Å². The van der Waals surface area contributed by atoms with Crippen LogP contribution >= 0.6 is 0 Å². The van der Waals surface area contributed by atoms with Crippen molar-refractivity contribution >= 4 is 12.0 Å². The number of rotatable bonds is 3. The van der Waals surface area contributed by atoms with Crippen molar-refractivity contribution in [3.05, 3.63) is 12.2 Å². The number of aromatic nitrogens is 3. The van der Waals surface area contributed by atoms with Gasteiger partial charge in [0.05, 0.1) is 13.1 Å². The maximum absolute atomic E-state index is 11.7. The van der Waals surface area contributed by atoms with Crippen molar-refractivity contribution in [2.75, 3.05) is 13.1 Å². The fourth-order valence-electron chi connectivity index (χ4n) is 1.62. The molecule has 1 unspecified atom stereocenters. The van der Waals surface area contributed by atoms with Crippen molar-refractivity contribution in [3.63, 3.8) is 0 Å². The van der Waals surface area contributed by atoms with Gasteiger partial charge in [-0.15, -0.1) is 10.2 Å². The highest BCUT2D eigenvalue weighted by atomic mass is 16.4. The van der Waals surface area contributed by atoms with E-state index in [4.69, 9.17) is 10.2 Å². The zero-order valence-corrected chi connectivity index (χ0v) is 9.48. The van der Waals surface area contributed by atoms with E-state index in [1.807, 2.05) is 4.57 Å². The second-order valence-corrected chi connectivity index (χ2v) is 3.90. The third kappa shape index (κ3) is 2.56. The lowest BCUT2D eigenvalue weighted by molar-refractivity contribution is -0.146. The maximum Gasteiger partial charge on any atom is 0.334 e. The second-order valence-electron chi connectivity index (χ2n) is 3.90. The summed E-state index contributed by atoms with van der Waals surface area (Å²) in [7, 11) is 0. The van der Waals surface area contributed by atoms with Gasteiger partial charge in [-0.1, -0.05) is 0 Å². The van der Waals surface area contributed by atoms with E-state index >= 15 is 0 Å². The lowest BCUT2D eigenvalue weighted by atomic mass is 10.3. The van der Waals surface area contributed by atoms with E-state index in [1.165, 1.54) is 4.90 Å². The molecule has 3 N–H and O–H groups in total. The lowest BCUT2D eigenvalue weighted by Crippen LogP contribution is -2.47. The number of aliphatic carboxylic acids is 1. The number of aliphatic hydroxyl groups is 1. The highest BCUT2D eigenvalue weighted by Crippen LogP contribution is 2.08. The third-order valence-electron chi connectivity index (χ3n) is 2.66. The first-order chi connectivity index (χ1) is 8.58. The number of aliphatic hydroxyl groups excluding tert-OH is 1. The molecule has 1 aliphatic rings. The van der Waals surface area contributed by atoms with Crippen molar-refractivity contribution in [3.8, 4) is 0 Å². The molecule has 1 atom stereocenters. The highest BCUT2D eigenvalue weighted by molar-refractivity contribution is 5.76. The molecule has 0 aromatic carbocycles. The van der Waals surface area contributed by atoms with Crippen LogP contribution < -0.4 is 5.32 Å². The monoisotopic (exact) mass is 255 g/mol. The van der Waals surface area contributed by atoms with Gasteiger partial charge < -0.3 is 25.0 Å². The summed E-state index contributed by atoms with van der Waals surface area (Å²) in [6.45, 7) is 1.07. The fourth-order valence-corrected chi connectivity index (χ4v) is 1.62. The quantitative estimate of drug-likeness (QED) is 0.589. The summed E-state index contributed by atoms with van der Waals surface area (Å²) in [5, 5.41) is 27.5. The van der Waals surface area contributed by atoms with Crippen molar-refractivity contribution in [2.24, 2.45) is 0 Å². The standard InChI is InChI=1S/C9H13N5O4/c15-6(8(16)17)3-10-9(18)13-1-2-14-5-11-12-7(14)4-13/h5-6,15H,1-4H2,(H,10,18)(H,16,17). The van der Waals surface area contributed by atoms with Crippen LogP contribution in [0.3, 0.4) is 0 Å². The number of carbonyl (C=O) groups is 2. The highest BCUT2D eigenvalue weighted by Gasteiger charge is 2.23. The smallest absolute Gasteiger partial charge is 0.334 e. The number of amides is 2. The average Bonchev–Trinajstić information content (AvgIpc) is 2.82. The van der Waals surface area contributed by atoms with Crippen LogP contribution in [0, 0.1) is 0 Å². The molecule has 9 heteroatoms. The minimum atomic E-state index is -1.60. The van der Waals surface area contributed by atoms with Gasteiger partial charge in [-0.2, -0.15) is 0 Å². The van der Waals surface area contributed by atoms with E-state index in [1.54, 1.807) is 6.33 Å². The summed E-state index contributed by atoms with van der Waals surface area (Å²) >= 11 is 0. The Morgan fingerprint density at radius 3 is 3.00 bits per heavy atom. The Labute approximate surface area is 102 Å².